The highest BCUT2D eigenvalue weighted by Crippen LogP contribution is 2.35. The van der Waals surface area contributed by atoms with Crippen LogP contribution in [-0.2, 0) is 47.5 Å². The Kier molecular flexibility index (Phi) is 41.9. The largest absolute Gasteiger partial charge is 0.394 e. The third-order valence-electron chi connectivity index (χ3n) is 18.1. The zero-order valence-electron chi connectivity index (χ0n) is 54.9. The second-order valence-electron chi connectivity index (χ2n) is 25.7. The minimum atomic E-state index is -2.10. The Morgan fingerprint density at radius 2 is 0.791 bits per heavy atom. The number of ether oxygens (including phenoxy) is 8. The van der Waals surface area contributed by atoms with Crippen molar-refractivity contribution in [1.82, 2.24) is 10.6 Å². The molecule has 15 N–H and O–H groups in total. The summed E-state index contributed by atoms with van der Waals surface area (Å²) in [5.41, 5.74) is 0. The van der Waals surface area contributed by atoms with Crippen LogP contribution in [0.4, 0.5) is 0 Å². The molecule has 0 aromatic carbocycles. The number of amides is 2. The lowest BCUT2D eigenvalue weighted by molar-refractivity contribution is -0.380. The Balaban J connectivity index is 1.32. The molecule has 25 nitrogen and oxygen atoms in total. The fourth-order valence-corrected chi connectivity index (χ4v) is 12.4. The summed E-state index contributed by atoms with van der Waals surface area (Å²) in [4.78, 5) is 26.0. The number of rotatable bonds is 49. The molecule has 4 heterocycles. The first-order valence-corrected chi connectivity index (χ1v) is 34.9. The van der Waals surface area contributed by atoms with Crippen molar-refractivity contribution in [2.24, 2.45) is 0 Å². The summed E-state index contributed by atoms with van der Waals surface area (Å²) >= 11 is 0. The normalized spacial score (nSPS) is 32.9. The van der Waals surface area contributed by atoms with Gasteiger partial charge in [-0.25, -0.2) is 0 Å². The average molecular weight is 1310 g/mol. The maximum Gasteiger partial charge on any atom is 0.220 e. The van der Waals surface area contributed by atoms with Crippen molar-refractivity contribution in [3.63, 3.8) is 0 Å². The minimum absolute atomic E-state index is 0.218. The van der Waals surface area contributed by atoms with E-state index in [9.17, 15) is 76.0 Å². The van der Waals surface area contributed by atoms with Gasteiger partial charge in [0.1, 0.15) is 97.6 Å². The third kappa shape index (κ3) is 28.4. The molecule has 91 heavy (non-hydrogen) atoms. The van der Waals surface area contributed by atoms with Crippen molar-refractivity contribution < 1.29 is 114 Å². The highest BCUT2D eigenvalue weighted by Gasteiger charge is 2.56. The Bertz CT molecular complexity index is 1900. The quantitative estimate of drug-likeness (QED) is 0.0307. The second-order valence-corrected chi connectivity index (χ2v) is 25.7. The van der Waals surface area contributed by atoms with Crippen LogP contribution in [0.1, 0.15) is 226 Å². The third-order valence-corrected chi connectivity index (χ3v) is 18.1. The number of nitrogens with one attached hydrogen (secondary N) is 2. The van der Waals surface area contributed by atoms with Crippen LogP contribution in [0.5, 0.6) is 0 Å². The van der Waals surface area contributed by atoms with E-state index in [2.05, 4.69) is 24.5 Å². The summed E-state index contributed by atoms with van der Waals surface area (Å²) in [5.74, 6) is -1.06. The number of allylic oxidation sites excluding steroid dienone is 1. The van der Waals surface area contributed by atoms with Crippen LogP contribution in [0.25, 0.3) is 0 Å². The molecule has 1 unspecified atom stereocenters. The average Bonchev–Trinajstić information content (AvgIpc) is 0.889. The van der Waals surface area contributed by atoms with E-state index in [0.29, 0.717) is 12.8 Å². The SMILES string of the molecule is CCCCCCCCCCCCC/C=C/[C@@H](O)[C@H](CO[C@@H]1O[C@H](CO)[C@@H](O[C@@H]2O[C@H](CO)[C@H](O[C@@H]3O[C@H](CO)[C@H](O)[C@H](O[C@@H]4O[C@H](CO)[C@H](O)[C@H](O)[C@H]4O)[C@H]3NC(C)=O)[C@H](O)[C@H]2O)[C@H](O)C1O)NC(=O)CCCCCCCCCCCCCCCCCCCCC. The van der Waals surface area contributed by atoms with Gasteiger partial charge in [0, 0.05) is 13.3 Å². The summed E-state index contributed by atoms with van der Waals surface area (Å²) in [6.07, 6.45) is 5.68. The van der Waals surface area contributed by atoms with E-state index >= 15 is 0 Å². The Hall–Kier alpha value is -2.16. The van der Waals surface area contributed by atoms with E-state index in [-0.39, 0.29) is 12.3 Å². The first-order valence-electron chi connectivity index (χ1n) is 34.9. The van der Waals surface area contributed by atoms with Gasteiger partial charge < -0.3 is 115 Å². The number of carbonyl (C=O) groups excluding carboxylic acids is 2. The fraction of sp³-hybridized carbons (Fsp3) is 0.939. The zero-order valence-corrected chi connectivity index (χ0v) is 54.9. The molecule has 0 aromatic heterocycles. The molecule has 22 atom stereocenters. The lowest BCUT2D eigenvalue weighted by atomic mass is 9.94. The second kappa shape index (κ2) is 46.9. The van der Waals surface area contributed by atoms with Gasteiger partial charge in [-0.15, -0.1) is 0 Å². The standard InChI is InChI=1S/C66H122N2O23/c1-4-6-8-10-12-14-16-18-19-20-21-22-23-25-27-29-31-33-35-37-50(75)68-44(45(74)36-34-32-30-28-26-24-17-15-13-11-9-7-5-2)42-84-64-58(82)55(79)61(48(40-71)87-64)90-66-59(83)56(80)60(49(41-72)88-66)89-63-51(67-43(3)73)62(53(77)47(39-70)85-63)91-65-57(81)54(78)52(76)46(38-69)86-65/h34,36,44-49,51-66,69-72,74,76-83H,4-33,35,37-42H2,1-3H3,(H,67,73)(H,68,75)/b36-34+/t44-,45+,46+,47+,48+,49+,51+,52-,53-,54-,55+,56+,57+,58?,59+,60-,61+,62+,63-,64+,65-,66-/m0/s1. The molecular formula is C66H122N2O23. The molecule has 25 heteroatoms. The fourth-order valence-electron chi connectivity index (χ4n) is 12.4. The van der Waals surface area contributed by atoms with Crippen LogP contribution in [0.2, 0.25) is 0 Å². The number of aliphatic hydroxyl groups is 13. The van der Waals surface area contributed by atoms with Crippen molar-refractivity contribution in [3.05, 3.63) is 12.2 Å². The van der Waals surface area contributed by atoms with Gasteiger partial charge in [0.25, 0.3) is 0 Å². The summed E-state index contributed by atoms with van der Waals surface area (Å²) < 4.78 is 46.8. The van der Waals surface area contributed by atoms with Crippen molar-refractivity contribution in [3.8, 4) is 0 Å². The van der Waals surface area contributed by atoms with Gasteiger partial charge in [-0.05, 0) is 19.3 Å². The van der Waals surface area contributed by atoms with Crippen LogP contribution in [0.3, 0.4) is 0 Å². The molecule has 4 fully saturated rings. The van der Waals surface area contributed by atoms with Crippen LogP contribution in [0, 0.1) is 0 Å². The zero-order chi connectivity index (χ0) is 66.5. The lowest BCUT2D eigenvalue weighted by Crippen LogP contribution is -2.70. The highest BCUT2D eigenvalue weighted by molar-refractivity contribution is 5.76. The van der Waals surface area contributed by atoms with E-state index in [4.69, 9.17) is 37.9 Å². The van der Waals surface area contributed by atoms with Crippen molar-refractivity contribution in [2.75, 3.05) is 33.0 Å². The first-order chi connectivity index (χ1) is 44.0. The summed E-state index contributed by atoms with van der Waals surface area (Å²) in [6.45, 7) is 1.62. The van der Waals surface area contributed by atoms with Gasteiger partial charge in [-0.1, -0.05) is 206 Å². The van der Waals surface area contributed by atoms with E-state index in [0.717, 1.165) is 51.9 Å². The monoisotopic (exact) mass is 1310 g/mol. The molecule has 4 saturated heterocycles. The minimum Gasteiger partial charge on any atom is -0.394 e. The number of hydrogen-bond acceptors (Lipinski definition) is 23. The smallest absolute Gasteiger partial charge is 0.220 e. The van der Waals surface area contributed by atoms with E-state index in [1.807, 2.05) is 6.08 Å². The molecule has 534 valence electrons. The Labute approximate surface area is 540 Å². The predicted octanol–water partition coefficient (Wildman–Crippen LogP) is 3.34. The molecule has 2 amide bonds. The number of carbonyl (C=O) groups is 2. The van der Waals surface area contributed by atoms with Crippen LogP contribution in [0.15, 0.2) is 12.2 Å². The maximum atomic E-state index is 13.4. The molecule has 4 rings (SSSR count). The van der Waals surface area contributed by atoms with Gasteiger partial charge in [0.15, 0.2) is 25.2 Å². The Morgan fingerprint density at radius 3 is 1.24 bits per heavy atom. The van der Waals surface area contributed by atoms with Crippen LogP contribution in [-0.4, -0.2) is 246 Å². The van der Waals surface area contributed by atoms with Gasteiger partial charge in [-0.3, -0.25) is 9.59 Å². The molecule has 0 bridgehead atoms. The van der Waals surface area contributed by atoms with E-state index in [1.165, 1.54) is 141 Å². The van der Waals surface area contributed by atoms with Gasteiger partial charge in [0.2, 0.25) is 11.8 Å². The molecule has 4 aliphatic heterocycles. The summed E-state index contributed by atoms with van der Waals surface area (Å²) in [7, 11) is 0. The predicted molar refractivity (Wildman–Crippen MR) is 335 cm³/mol. The van der Waals surface area contributed by atoms with Crippen molar-refractivity contribution in [1.29, 1.82) is 0 Å². The van der Waals surface area contributed by atoms with E-state index < -0.39 is 174 Å². The molecule has 0 spiro atoms. The molecule has 0 saturated carbocycles. The number of unbranched alkanes of at least 4 members (excludes halogenated alkanes) is 29. The maximum absolute atomic E-state index is 13.4. The highest BCUT2D eigenvalue weighted by atomic mass is 16.8. The lowest BCUT2D eigenvalue weighted by Gasteiger charge is -2.50. The first kappa shape index (κ1) is 81.3. The van der Waals surface area contributed by atoms with Gasteiger partial charge >= 0.3 is 0 Å². The molecular weight excluding hydrogens is 1190 g/mol. The van der Waals surface area contributed by atoms with Crippen molar-refractivity contribution >= 4 is 11.8 Å². The van der Waals surface area contributed by atoms with E-state index in [1.54, 1.807) is 6.08 Å². The topological polar surface area (TPSA) is 395 Å². The summed E-state index contributed by atoms with van der Waals surface area (Å²) in [6, 6.07) is -2.62. The van der Waals surface area contributed by atoms with Crippen LogP contribution >= 0.6 is 0 Å². The summed E-state index contributed by atoms with van der Waals surface area (Å²) in [5, 5.41) is 147. The van der Waals surface area contributed by atoms with Gasteiger partial charge in [0.05, 0.1) is 45.2 Å². The number of hydrogen-bond donors (Lipinski definition) is 15. The molecule has 0 radical (unpaired) electrons. The Morgan fingerprint density at radius 1 is 0.429 bits per heavy atom. The number of aliphatic hydroxyl groups excluding tert-OH is 13. The van der Waals surface area contributed by atoms with Crippen molar-refractivity contribution in [2.45, 2.75) is 361 Å². The molecule has 4 aliphatic rings. The molecule has 0 aromatic rings. The van der Waals surface area contributed by atoms with Crippen LogP contribution < -0.4 is 10.6 Å². The van der Waals surface area contributed by atoms with Gasteiger partial charge in [-0.2, -0.15) is 0 Å². The molecule has 0 aliphatic carbocycles.